The van der Waals surface area contributed by atoms with Crippen molar-refractivity contribution in [1.82, 2.24) is 4.98 Å². The fourth-order valence-electron chi connectivity index (χ4n) is 1.62. The summed E-state index contributed by atoms with van der Waals surface area (Å²) in [7, 11) is 0. The van der Waals surface area contributed by atoms with Crippen LogP contribution < -0.4 is 11.5 Å². The molecule has 3 nitrogen and oxygen atoms in total. The number of hydrogen-bond acceptors (Lipinski definition) is 3. The Labute approximate surface area is 82.7 Å². The molecule has 0 aliphatic heterocycles. The van der Waals surface area contributed by atoms with E-state index in [-0.39, 0.29) is 0 Å². The SMILES string of the molecule is Cc1nc(N)c2cc(N)ccc2c1C. The number of anilines is 2. The molecule has 72 valence electrons. The molecule has 0 saturated heterocycles. The van der Waals surface area contributed by atoms with Crippen molar-refractivity contribution in [1.29, 1.82) is 0 Å². The summed E-state index contributed by atoms with van der Waals surface area (Å²) in [5.74, 6) is 0.551. The summed E-state index contributed by atoms with van der Waals surface area (Å²) in [6, 6.07) is 5.74. The minimum absolute atomic E-state index is 0.551. The number of nitrogens with zero attached hydrogens (tertiary/aromatic N) is 1. The lowest BCUT2D eigenvalue weighted by Gasteiger charge is -2.08. The summed E-state index contributed by atoms with van der Waals surface area (Å²) in [6.07, 6.45) is 0. The Balaban J connectivity index is 2.94. The molecule has 0 spiro atoms. The van der Waals surface area contributed by atoms with Crippen molar-refractivity contribution in [3.8, 4) is 0 Å². The van der Waals surface area contributed by atoms with Gasteiger partial charge >= 0.3 is 0 Å². The van der Waals surface area contributed by atoms with E-state index in [1.54, 1.807) is 0 Å². The Morgan fingerprint density at radius 3 is 2.50 bits per heavy atom. The summed E-state index contributed by atoms with van der Waals surface area (Å²) < 4.78 is 0. The first-order valence-corrected chi connectivity index (χ1v) is 4.51. The van der Waals surface area contributed by atoms with Crippen LogP contribution in [-0.2, 0) is 0 Å². The zero-order valence-electron chi connectivity index (χ0n) is 8.33. The number of nitrogens with two attached hydrogens (primary N) is 2. The molecule has 0 aliphatic carbocycles. The average molecular weight is 187 g/mol. The van der Waals surface area contributed by atoms with E-state index < -0.39 is 0 Å². The zero-order chi connectivity index (χ0) is 10.3. The Kier molecular flexibility index (Phi) is 1.81. The average Bonchev–Trinajstić information content (AvgIpc) is 2.14. The van der Waals surface area contributed by atoms with E-state index in [9.17, 15) is 0 Å². The van der Waals surface area contributed by atoms with Gasteiger partial charge in [-0.3, -0.25) is 0 Å². The molecule has 0 amide bonds. The molecule has 0 unspecified atom stereocenters. The number of nitrogen functional groups attached to an aromatic ring is 2. The van der Waals surface area contributed by atoms with Gasteiger partial charge in [-0.2, -0.15) is 0 Å². The van der Waals surface area contributed by atoms with Crippen LogP contribution in [0.15, 0.2) is 18.2 Å². The molecule has 0 bridgehead atoms. The fourth-order valence-corrected chi connectivity index (χ4v) is 1.62. The number of benzene rings is 1. The highest BCUT2D eigenvalue weighted by atomic mass is 14.8. The van der Waals surface area contributed by atoms with Crippen LogP contribution in [0, 0.1) is 13.8 Å². The quantitative estimate of drug-likeness (QED) is 0.620. The van der Waals surface area contributed by atoms with Crippen LogP contribution in [0.2, 0.25) is 0 Å². The van der Waals surface area contributed by atoms with Gasteiger partial charge in [0.05, 0.1) is 0 Å². The van der Waals surface area contributed by atoms with Crippen molar-refractivity contribution in [3.63, 3.8) is 0 Å². The molecule has 1 aromatic carbocycles. The van der Waals surface area contributed by atoms with Gasteiger partial charge in [-0.1, -0.05) is 6.07 Å². The first-order chi connectivity index (χ1) is 6.59. The maximum Gasteiger partial charge on any atom is 0.131 e. The lowest BCUT2D eigenvalue weighted by molar-refractivity contribution is 1.19. The molecule has 1 aromatic heterocycles. The predicted molar refractivity (Wildman–Crippen MR) is 60.0 cm³/mol. The minimum Gasteiger partial charge on any atom is -0.399 e. The molecule has 0 fully saturated rings. The third kappa shape index (κ3) is 1.18. The van der Waals surface area contributed by atoms with Gasteiger partial charge in [-0.25, -0.2) is 4.98 Å². The van der Waals surface area contributed by atoms with E-state index in [0.717, 1.165) is 22.0 Å². The van der Waals surface area contributed by atoms with Gasteiger partial charge in [0.1, 0.15) is 5.82 Å². The van der Waals surface area contributed by atoms with Crippen LogP contribution in [0.1, 0.15) is 11.3 Å². The van der Waals surface area contributed by atoms with E-state index in [2.05, 4.69) is 4.98 Å². The third-order valence-corrected chi connectivity index (χ3v) is 2.55. The second kappa shape index (κ2) is 2.87. The van der Waals surface area contributed by atoms with Crippen LogP contribution in [0.5, 0.6) is 0 Å². The Bertz CT molecular complexity index is 503. The predicted octanol–water partition coefficient (Wildman–Crippen LogP) is 2.02. The molecular formula is C11H13N3. The fraction of sp³-hybridized carbons (Fsp3) is 0.182. The maximum atomic E-state index is 5.83. The van der Waals surface area contributed by atoms with Gasteiger partial charge in [0.2, 0.25) is 0 Å². The van der Waals surface area contributed by atoms with E-state index >= 15 is 0 Å². The molecule has 2 aromatic rings. The van der Waals surface area contributed by atoms with E-state index in [1.165, 1.54) is 0 Å². The van der Waals surface area contributed by atoms with Gasteiger partial charge in [0, 0.05) is 16.8 Å². The monoisotopic (exact) mass is 187 g/mol. The smallest absolute Gasteiger partial charge is 0.131 e. The lowest BCUT2D eigenvalue weighted by atomic mass is 10.0. The van der Waals surface area contributed by atoms with Crippen LogP contribution in [0.3, 0.4) is 0 Å². The molecule has 2 rings (SSSR count). The van der Waals surface area contributed by atoms with Crippen LogP contribution in [0.25, 0.3) is 10.8 Å². The second-order valence-corrected chi connectivity index (χ2v) is 3.51. The van der Waals surface area contributed by atoms with E-state index in [4.69, 9.17) is 11.5 Å². The van der Waals surface area contributed by atoms with E-state index in [0.29, 0.717) is 11.5 Å². The largest absolute Gasteiger partial charge is 0.399 e. The highest BCUT2D eigenvalue weighted by molar-refractivity contribution is 5.95. The Hall–Kier alpha value is -1.77. The summed E-state index contributed by atoms with van der Waals surface area (Å²) in [6.45, 7) is 4.00. The summed E-state index contributed by atoms with van der Waals surface area (Å²) in [5, 5.41) is 2.07. The van der Waals surface area contributed by atoms with Gasteiger partial charge in [0.25, 0.3) is 0 Å². The van der Waals surface area contributed by atoms with Crippen molar-refractivity contribution in [2.45, 2.75) is 13.8 Å². The van der Waals surface area contributed by atoms with Crippen molar-refractivity contribution in [2.24, 2.45) is 0 Å². The van der Waals surface area contributed by atoms with Crippen molar-refractivity contribution in [2.75, 3.05) is 11.5 Å². The number of rotatable bonds is 0. The van der Waals surface area contributed by atoms with Crippen LogP contribution >= 0.6 is 0 Å². The normalized spacial score (nSPS) is 10.7. The molecule has 4 N–H and O–H groups in total. The Morgan fingerprint density at radius 1 is 1.07 bits per heavy atom. The first-order valence-electron chi connectivity index (χ1n) is 4.51. The number of fused-ring (bicyclic) bond motifs is 1. The van der Waals surface area contributed by atoms with E-state index in [1.807, 2.05) is 32.0 Å². The van der Waals surface area contributed by atoms with Gasteiger partial charge < -0.3 is 11.5 Å². The summed E-state index contributed by atoms with van der Waals surface area (Å²) in [4.78, 5) is 4.26. The molecule has 0 aliphatic rings. The zero-order valence-corrected chi connectivity index (χ0v) is 8.33. The molecular weight excluding hydrogens is 174 g/mol. The van der Waals surface area contributed by atoms with Crippen molar-refractivity contribution in [3.05, 3.63) is 29.5 Å². The Morgan fingerprint density at radius 2 is 1.79 bits per heavy atom. The highest BCUT2D eigenvalue weighted by Crippen LogP contribution is 2.26. The van der Waals surface area contributed by atoms with Crippen molar-refractivity contribution < 1.29 is 0 Å². The first kappa shape index (κ1) is 8.81. The molecule has 14 heavy (non-hydrogen) atoms. The highest BCUT2D eigenvalue weighted by Gasteiger charge is 2.05. The number of aromatic nitrogens is 1. The number of hydrogen-bond donors (Lipinski definition) is 2. The maximum absolute atomic E-state index is 5.83. The third-order valence-electron chi connectivity index (χ3n) is 2.55. The topological polar surface area (TPSA) is 64.9 Å². The molecule has 3 heteroatoms. The van der Waals surface area contributed by atoms with Crippen molar-refractivity contribution >= 4 is 22.3 Å². The number of aryl methyl sites for hydroxylation is 2. The molecule has 0 saturated carbocycles. The van der Waals surface area contributed by atoms with Gasteiger partial charge in [0.15, 0.2) is 0 Å². The van der Waals surface area contributed by atoms with Crippen LogP contribution in [0.4, 0.5) is 11.5 Å². The van der Waals surface area contributed by atoms with Gasteiger partial charge in [-0.15, -0.1) is 0 Å². The molecule has 0 radical (unpaired) electrons. The van der Waals surface area contributed by atoms with Crippen LogP contribution in [-0.4, -0.2) is 4.98 Å². The number of pyridine rings is 1. The lowest BCUT2D eigenvalue weighted by Crippen LogP contribution is -1.98. The summed E-state index contributed by atoms with van der Waals surface area (Å²) in [5.41, 5.74) is 14.4. The van der Waals surface area contributed by atoms with Gasteiger partial charge in [-0.05, 0) is 36.9 Å². The summed E-state index contributed by atoms with van der Waals surface area (Å²) >= 11 is 0. The minimum atomic E-state index is 0.551. The second-order valence-electron chi connectivity index (χ2n) is 3.51. The molecule has 0 atom stereocenters. The standard InChI is InChI=1S/C11H13N3/c1-6-7(2)14-11(13)10-5-8(12)3-4-9(6)10/h3-5H,12H2,1-2H3,(H2,13,14). The molecule has 1 heterocycles.